The predicted molar refractivity (Wildman–Crippen MR) is 82.9 cm³/mol. The second-order valence-corrected chi connectivity index (χ2v) is 5.66. The lowest BCUT2D eigenvalue weighted by atomic mass is 10.1. The van der Waals surface area contributed by atoms with Crippen molar-refractivity contribution in [2.45, 2.75) is 33.4 Å². The molecule has 6 heteroatoms. The van der Waals surface area contributed by atoms with E-state index in [9.17, 15) is 4.79 Å². The molecule has 0 radical (unpaired) electrons. The molecule has 20 heavy (non-hydrogen) atoms. The number of hydrogen-bond acceptors (Lipinski definition) is 4. The van der Waals surface area contributed by atoms with Crippen LogP contribution >= 0.6 is 15.9 Å². The Morgan fingerprint density at radius 1 is 1.40 bits per heavy atom. The maximum absolute atomic E-state index is 12.1. The molecule has 0 amide bonds. The fourth-order valence-corrected chi connectivity index (χ4v) is 2.25. The summed E-state index contributed by atoms with van der Waals surface area (Å²) in [5.74, 6) is 0. The van der Waals surface area contributed by atoms with Crippen LogP contribution in [-0.4, -0.2) is 14.8 Å². The van der Waals surface area contributed by atoms with E-state index in [1.165, 1.54) is 4.68 Å². The number of rotatable bonds is 4. The number of aromatic nitrogens is 3. The van der Waals surface area contributed by atoms with E-state index in [1.54, 1.807) is 12.4 Å². The van der Waals surface area contributed by atoms with Crippen LogP contribution in [0.3, 0.4) is 0 Å². The third-order valence-electron chi connectivity index (χ3n) is 3.04. The van der Waals surface area contributed by atoms with Crippen molar-refractivity contribution in [3.63, 3.8) is 0 Å². The average Bonchev–Trinajstić information content (AvgIpc) is 2.41. The Labute approximate surface area is 126 Å². The summed E-state index contributed by atoms with van der Waals surface area (Å²) >= 11 is 3.34. The zero-order valence-corrected chi connectivity index (χ0v) is 13.3. The van der Waals surface area contributed by atoms with Gasteiger partial charge in [0.1, 0.15) is 4.47 Å². The summed E-state index contributed by atoms with van der Waals surface area (Å²) in [5, 5.41) is 7.40. The van der Waals surface area contributed by atoms with Crippen molar-refractivity contribution in [3.8, 4) is 0 Å². The van der Waals surface area contributed by atoms with E-state index in [4.69, 9.17) is 0 Å². The summed E-state index contributed by atoms with van der Waals surface area (Å²) in [6.07, 6.45) is 5.25. The fourth-order valence-electron chi connectivity index (χ4n) is 1.83. The summed E-state index contributed by atoms with van der Waals surface area (Å²) in [6, 6.07) is 1.99. The van der Waals surface area contributed by atoms with Crippen LogP contribution in [0, 0.1) is 6.92 Å². The Hall–Kier alpha value is -1.69. The third-order valence-corrected chi connectivity index (χ3v) is 3.80. The molecular formula is C14H17BrN4O. The quantitative estimate of drug-likeness (QED) is 0.932. The van der Waals surface area contributed by atoms with E-state index in [1.807, 2.05) is 33.0 Å². The Morgan fingerprint density at radius 2 is 2.15 bits per heavy atom. The first-order valence-corrected chi connectivity index (χ1v) is 7.20. The van der Waals surface area contributed by atoms with Gasteiger partial charge in [0.2, 0.25) is 0 Å². The van der Waals surface area contributed by atoms with Gasteiger partial charge in [-0.25, -0.2) is 4.68 Å². The minimum Gasteiger partial charge on any atom is -0.379 e. The second kappa shape index (κ2) is 6.17. The largest absolute Gasteiger partial charge is 0.379 e. The number of halogens is 1. The molecule has 2 heterocycles. The topological polar surface area (TPSA) is 59.8 Å². The molecule has 2 rings (SSSR count). The minimum atomic E-state index is -0.128. The van der Waals surface area contributed by atoms with E-state index in [-0.39, 0.29) is 11.6 Å². The number of hydrogen-bond donors (Lipinski definition) is 1. The lowest BCUT2D eigenvalue weighted by molar-refractivity contribution is 0.501. The van der Waals surface area contributed by atoms with Crippen LogP contribution in [0.5, 0.6) is 0 Å². The van der Waals surface area contributed by atoms with Crippen molar-refractivity contribution >= 4 is 21.6 Å². The third kappa shape index (κ3) is 3.07. The van der Waals surface area contributed by atoms with E-state index >= 15 is 0 Å². The molecule has 0 aliphatic carbocycles. The first-order chi connectivity index (χ1) is 9.50. The second-order valence-electron chi connectivity index (χ2n) is 4.87. The van der Waals surface area contributed by atoms with Gasteiger partial charge in [-0.05, 0) is 53.9 Å². The highest BCUT2D eigenvalue weighted by molar-refractivity contribution is 9.10. The molecule has 106 valence electrons. The van der Waals surface area contributed by atoms with Gasteiger partial charge in [-0.2, -0.15) is 5.10 Å². The molecule has 0 saturated heterocycles. The number of nitrogens with zero attached hydrogens (tertiary/aromatic N) is 3. The summed E-state index contributed by atoms with van der Waals surface area (Å²) in [7, 11) is 0. The monoisotopic (exact) mass is 336 g/mol. The van der Waals surface area contributed by atoms with Crippen LogP contribution in [0.15, 0.2) is 33.9 Å². The van der Waals surface area contributed by atoms with Crippen LogP contribution in [0.2, 0.25) is 0 Å². The van der Waals surface area contributed by atoms with Crippen LogP contribution in [0.25, 0.3) is 0 Å². The van der Waals surface area contributed by atoms with Crippen LogP contribution in [0.4, 0.5) is 5.69 Å². The molecule has 2 aromatic rings. The zero-order chi connectivity index (χ0) is 14.7. The van der Waals surface area contributed by atoms with Crippen LogP contribution in [-0.2, 0) is 6.54 Å². The normalized spacial score (nSPS) is 10.8. The maximum Gasteiger partial charge on any atom is 0.283 e. The van der Waals surface area contributed by atoms with Gasteiger partial charge in [0.15, 0.2) is 0 Å². The van der Waals surface area contributed by atoms with Crippen molar-refractivity contribution in [2.75, 3.05) is 5.32 Å². The number of nitrogens with one attached hydrogen (secondary N) is 1. The fraction of sp³-hybridized carbons (Fsp3) is 0.357. The Balaban J connectivity index is 2.21. The van der Waals surface area contributed by atoms with Crippen LogP contribution < -0.4 is 10.9 Å². The Bertz CT molecular complexity index is 666. The van der Waals surface area contributed by atoms with Gasteiger partial charge in [0.05, 0.1) is 17.9 Å². The first-order valence-electron chi connectivity index (χ1n) is 6.41. The summed E-state index contributed by atoms with van der Waals surface area (Å²) in [6.45, 7) is 6.48. The van der Waals surface area contributed by atoms with Gasteiger partial charge in [0, 0.05) is 18.9 Å². The van der Waals surface area contributed by atoms with Crippen LogP contribution in [0.1, 0.15) is 31.0 Å². The molecule has 2 aromatic heterocycles. The van der Waals surface area contributed by atoms with Gasteiger partial charge in [-0.15, -0.1) is 0 Å². The number of aryl methyl sites for hydroxylation is 1. The van der Waals surface area contributed by atoms with Gasteiger partial charge < -0.3 is 5.32 Å². The highest BCUT2D eigenvalue weighted by Gasteiger charge is 2.10. The summed E-state index contributed by atoms with van der Waals surface area (Å²) in [4.78, 5) is 16.2. The highest BCUT2D eigenvalue weighted by atomic mass is 79.9. The number of pyridine rings is 1. The van der Waals surface area contributed by atoms with Crippen molar-refractivity contribution in [1.82, 2.24) is 14.8 Å². The van der Waals surface area contributed by atoms with Crippen molar-refractivity contribution < 1.29 is 0 Å². The Kier molecular flexibility index (Phi) is 4.54. The molecule has 5 nitrogen and oxygen atoms in total. The SMILES string of the molecule is Cc1cnccc1CNc1cnn(C(C)C)c(=O)c1Br. The molecule has 0 unspecified atom stereocenters. The van der Waals surface area contributed by atoms with E-state index in [0.29, 0.717) is 16.7 Å². The molecule has 0 saturated carbocycles. The lowest BCUT2D eigenvalue weighted by Crippen LogP contribution is -2.26. The highest BCUT2D eigenvalue weighted by Crippen LogP contribution is 2.18. The van der Waals surface area contributed by atoms with Gasteiger partial charge >= 0.3 is 0 Å². The van der Waals surface area contributed by atoms with E-state index in [2.05, 4.69) is 31.3 Å². The zero-order valence-electron chi connectivity index (χ0n) is 11.7. The number of anilines is 1. The van der Waals surface area contributed by atoms with E-state index < -0.39 is 0 Å². The molecule has 0 aliphatic heterocycles. The van der Waals surface area contributed by atoms with Gasteiger partial charge in [-0.1, -0.05) is 0 Å². The Morgan fingerprint density at radius 3 is 2.80 bits per heavy atom. The maximum atomic E-state index is 12.1. The summed E-state index contributed by atoms with van der Waals surface area (Å²) < 4.78 is 1.96. The van der Waals surface area contributed by atoms with Crippen molar-refractivity contribution in [3.05, 3.63) is 50.6 Å². The molecule has 0 bridgehead atoms. The molecule has 0 fully saturated rings. The molecule has 0 atom stereocenters. The first kappa shape index (κ1) is 14.7. The van der Waals surface area contributed by atoms with Crippen molar-refractivity contribution in [1.29, 1.82) is 0 Å². The molecule has 0 aromatic carbocycles. The predicted octanol–water partition coefficient (Wildman–Crippen LogP) is 2.90. The molecule has 0 aliphatic rings. The van der Waals surface area contributed by atoms with Gasteiger partial charge in [-0.3, -0.25) is 9.78 Å². The molecular weight excluding hydrogens is 320 g/mol. The summed E-state index contributed by atoms with van der Waals surface area (Å²) in [5.41, 5.74) is 2.82. The van der Waals surface area contributed by atoms with E-state index in [0.717, 1.165) is 11.1 Å². The molecule has 1 N–H and O–H groups in total. The molecule has 0 spiro atoms. The van der Waals surface area contributed by atoms with Gasteiger partial charge in [0.25, 0.3) is 5.56 Å². The minimum absolute atomic E-state index is 0.0373. The lowest BCUT2D eigenvalue weighted by Gasteiger charge is -2.13. The standard InChI is InChI=1S/C14H17BrN4O/c1-9(2)19-14(20)13(15)12(8-18-19)17-7-11-4-5-16-6-10(11)3/h4-6,8-9,17H,7H2,1-3H3. The smallest absolute Gasteiger partial charge is 0.283 e. The van der Waals surface area contributed by atoms with Crippen molar-refractivity contribution in [2.24, 2.45) is 0 Å². The average molecular weight is 337 g/mol.